The van der Waals surface area contributed by atoms with Crippen LogP contribution in [0.3, 0.4) is 0 Å². The highest BCUT2D eigenvalue weighted by molar-refractivity contribution is 5.99. The quantitative estimate of drug-likeness (QED) is 0.118. The van der Waals surface area contributed by atoms with Gasteiger partial charge in [-0.3, -0.25) is 14.5 Å². The van der Waals surface area contributed by atoms with Gasteiger partial charge in [-0.1, -0.05) is 25.9 Å². The van der Waals surface area contributed by atoms with Gasteiger partial charge in [-0.2, -0.15) is 0 Å². The summed E-state index contributed by atoms with van der Waals surface area (Å²) in [5.74, 6) is -1.07. The predicted octanol–water partition coefficient (Wildman–Crippen LogP) is 2.94. The number of ketones is 1. The van der Waals surface area contributed by atoms with Crippen LogP contribution >= 0.6 is 0 Å². The molecule has 2 heterocycles. The summed E-state index contributed by atoms with van der Waals surface area (Å²) >= 11 is 0. The Morgan fingerprint density at radius 2 is 1.76 bits per heavy atom. The van der Waals surface area contributed by atoms with Crippen LogP contribution in [0.25, 0.3) is 0 Å². The average Bonchev–Trinajstić information content (AvgIpc) is 3.09. The fourth-order valence-electron chi connectivity index (χ4n) is 7.77. The van der Waals surface area contributed by atoms with E-state index in [0.717, 1.165) is 25.7 Å². The summed E-state index contributed by atoms with van der Waals surface area (Å²) in [6, 6.07) is -0.206. The highest BCUT2D eigenvalue weighted by Gasteiger charge is 2.50. The number of methoxy groups -OCH3 is 1. The van der Waals surface area contributed by atoms with Crippen molar-refractivity contribution in [2.75, 3.05) is 20.7 Å². The van der Waals surface area contributed by atoms with Crippen molar-refractivity contribution < 1.29 is 48.7 Å². The Bertz CT molecular complexity index is 1220. The van der Waals surface area contributed by atoms with Gasteiger partial charge in [0.15, 0.2) is 6.29 Å². The molecule has 12 atom stereocenters. The summed E-state index contributed by atoms with van der Waals surface area (Å²) in [5, 5.41) is 39.7. The number of hydrogen-bond acceptors (Lipinski definition) is 13. The summed E-state index contributed by atoms with van der Waals surface area (Å²) < 4.78 is 24.6. The molecule has 3 aliphatic rings. The first-order valence-corrected chi connectivity index (χ1v) is 18.7. The maximum Gasteiger partial charge on any atom is 0.316 e. The fraction of sp³-hybridized carbons (Fsp3) is 0.868. The lowest BCUT2D eigenvalue weighted by Crippen LogP contribution is -2.58. The molecule has 0 aromatic heterocycles. The van der Waals surface area contributed by atoms with Crippen molar-refractivity contribution in [3.8, 4) is 12.3 Å². The summed E-state index contributed by atoms with van der Waals surface area (Å²) in [6.45, 7) is 12.6. The lowest BCUT2D eigenvalue weighted by Gasteiger charge is -2.46. The largest absolute Gasteiger partial charge is 0.459 e. The van der Waals surface area contributed by atoms with Gasteiger partial charge in [-0.05, 0) is 79.7 Å². The average molecular weight is 724 g/mol. The number of cyclic esters (lactones) is 1. The van der Waals surface area contributed by atoms with Crippen LogP contribution in [-0.2, 0) is 33.4 Å². The van der Waals surface area contributed by atoms with E-state index in [9.17, 15) is 24.9 Å². The number of nitrogens with two attached hydrogens (primary N) is 1. The normalized spacial score (nSPS) is 43.0. The van der Waals surface area contributed by atoms with E-state index in [0.29, 0.717) is 25.1 Å². The first-order chi connectivity index (χ1) is 23.9. The van der Waals surface area contributed by atoms with Crippen molar-refractivity contribution in [2.24, 2.45) is 28.6 Å². The van der Waals surface area contributed by atoms with Crippen LogP contribution in [0.5, 0.6) is 0 Å². The van der Waals surface area contributed by atoms with Gasteiger partial charge in [-0.15, -0.1) is 12.3 Å². The maximum absolute atomic E-state index is 13.9. The summed E-state index contributed by atoms with van der Waals surface area (Å²) in [6.07, 6.45) is 3.63. The minimum atomic E-state index is -1.89. The molecule has 51 heavy (non-hydrogen) atoms. The molecule has 5 N–H and O–H groups in total. The molecule has 0 spiro atoms. The number of oxime groups is 1. The van der Waals surface area contributed by atoms with Crippen LogP contribution in [0.2, 0.25) is 0 Å². The summed E-state index contributed by atoms with van der Waals surface area (Å²) in [4.78, 5) is 35.4. The second-order valence-corrected chi connectivity index (χ2v) is 15.6. The van der Waals surface area contributed by atoms with Gasteiger partial charge in [-0.25, -0.2) is 0 Å². The standard InChI is InChI=1S/C38H65N3O10/c1-11-13-18-41(9)28-19-23(4)48-36(33(28)43)50-31-20-29(42)24(5)35(45)49-30(12-2)38(8,46)34(44)25(6)32(22(3)21-37(31,7)47-10)40-51-27-16-14-26(39)15-17-27/h1,22-28,30-31,33-34,36,43-44,46H,12-21,39H2,2-10H3/b40-32+/t22-,23-,24-,25+,26-,27+,28+,30-,31-,33-,34-,36+,37-,38-/m1/s1. The van der Waals surface area contributed by atoms with Crippen LogP contribution in [0, 0.1) is 30.1 Å². The number of Topliss-reactive ketones (excluding diaryl/α,β-unsaturated/α-hetero) is 1. The fourth-order valence-corrected chi connectivity index (χ4v) is 7.77. The number of ether oxygens (including phenoxy) is 4. The zero-order chi connectivity index (χ0) is 38.3. The molecule has 3 rings (SSSR count). The van der Waals surface area contributed by atoms with Crippen molar-refractivity contribution in [2.45, 2.75) is 172 Å². The van der Waals surface area contributed by atoms with E-state index in [1.165, 1.54) is 21.0 Å². The zero-order valence-corrected chi connectivity index (χ0v) is 32.2. The van der Waals surface area contributed by atoms with Crippen molar-refractivity contribution in [1.29, 1.82) is 0 Å². The molecule has 3 fully saturated rings. The molecule has 13 nitrogen and oxygen atoms in total. The van der Waals surface area contributed by atoms with Crippen molar-refractivity contribution in [1.82, 2.24) is 4.90 Å². The molecule has 0 radical (unpaired) electrons. The molecule has 0 amide bonds. The number of esters is 1. The third kappa shape index (κ3) is 10.7. The lowest BCUT2D eigenvalue weighted by atomic mass is 9.75. The van der Waals surface area contributed by atoms with Gasteiger partial charge in [0.2, 0.25) is 0 Å². The van der Waals surface area contributed by atoms with Crippen LogP contribution in [-0.4, -0.2) is 125 Å². The van der Waals surface area contributed by atoms with E-state index in [1.807, 2.05) is 25.8 Å². The molecule has 2 aliphatic heterocycles. The Kier molecular flexibility index (Phi) is 15.9. The number of aliphatic hydroxyl groups is 3. The molecule has 13 heteroatoms. The first kappa shape index (κ1) is 43.3. The molecule has 1 saturated carbocycles. The van der Waals surface area contributed by atoms with Crippen molar-refractivity contribution >= 4 is 17.5 Å². The number of likely N-dealkylation sites (N-methyl/N-ethyl adjacent to an activating group) is 1. The first-order valence-electron chi connectivity index (χ1n) is 18.7. The molecule has 0 bridgehead atoms. The Morgan fingerprint density at radius 3 is 2.35 bits per heavy atom. The Labute approximate surface area is 304 Å². The Hall–Kier alpha value is -2.15. The van der Waals surface area contributed by atoms with Gasteiger partial charge in [0, 0.05) is 50.4 Å². The molecule has 0 aromatic rings. The molecular weight excluding hydrogens is 658 g/mol. The van der Waals surface area contributed by atoms with E-state index in [2.05, 4.69) is 11.1 Å². The second kappa shape index (κ2) is 18.7. The van der Waals surface area contributed by atoms with Gasteiger partial charge in [0.25, 0.3) is 0 Å². The number of terminal acetylenes is 1. The van der Waals surface area contributed by atoms with Crippen LogP contribution in [0.4, 0.5) is 0 Å². The smallest absolute Gasteiger partial charge is 0.316 e. The number of nitrogens with zero attached hydrogens (tertiary/aromatic N) is 2. The van der Waals surface area contributed by atoms with Gasteiger partial charge in [0.05, 0.1) is 29.6 Å². The highest BCUT2D eigenvalue weighted by atomic mass is 16.7. The molecule has 0 unspecified atom stereocenters. The van der Waals surface area contributed by atoms with E-state index in [-0.39, 0.29) is 43.6 Å². The molecular formula is C38H65N3O10. The topological polar surface area (TPSA) is 183 Å². The zero-order valence-electron chi connectivity index (χ0n) is 32.2. The van der Waals surface area contributed by atoms with Crippen molar-refractivity contribution in [3.05, 3.63) is 0 Å². The lowest BCUT2D eigenvalue weighted by molar-refractivity contribution is -0.290. The highest BCUT2D eigenvalue weighted by Crippen LogP contribution is 2.37. The number of rotatable bonds is 9. The van der Waals surface area contributed by atoms with Gasteiger partial charge in [0.1, 0.15) is 35.6 Å². The molecule has 2 saturated heterocycles. The molecule has 292 valence electrons. The van der Waals surface area contributed by atoms with Crippen LogP contribution in [0.1, 0.15) is 106 Å². The molecule has 1 aliphatic carbocycles. The predicted molar refractivity (Wildman–Crippen MR) is 192 cm³/mol. The molecule has 0 aromatic carbocycles. The van der Waals surface area contributed by atoms with E-state index >= 15 is 0 Å². The summed E-state index contributed by atoms with van der Waals surface area (Å²) in [5.41, 5.74) is 3.49. The van der Waals surface area contributed by atoms with Gasteiger partial charge < -0.3 is 44.8 Å². The third-order valence-corrected chi connectivity index (χ3v) is 11.5. The maximum atomic E-state index is 13.9. The monoisotopic (exact) mass is 723 g/mol. The van der Waals surface area contributed by atoms with Gasteiger partial charge >= 0.3 is 5.97 Å². The van der Waals surface area contributed by atoms with Crippen LogP contribution < -0.4 is 5.73 Å². The summed E-state index contributed by atoms with van der Waals surface area (Å²) in [7, 11) is 3.40. The number of carbonyl (C=O) groups is 2. The van der Waals surface area contributed by atoms with Crippen molar-refractivity contribution in [3.63, 3.8) is 0 Å². The Morgan fingerprint density at radius 1 is 1.12 bits per heavy atom. The Balaban J connectivity index is 2.07. The van der Waals surface area contributed by atoms with E-state index < -0.39 is 71.4 Å². The van der Waals surface area contributed by atoms with E-state index in [1.54, 1.807) is 20.8 Å². The van der Waals surface area contributed by atoms with Crippen LogP contribution in [0.15, 0.2) is 5.16 Å². The minimum Gasteiger partial charge on any atom is -0.459 e. The number of aliphatic hydroxyl groups excluding tert-OH is 2. The number of hydrogen-bond donors (Lipinski definition) is 4. The third-order valence-electron chi connectivity index (χ3n) is 11.5. The SMILES string of the molecule is C#CCCN(C)[C@H]1C[C@@H](C)O[C@@H](O[C@@H]2CC(=O)[C@@H](C)C(=O)O[C@H](CC)[C@@](C)(O)[C@H](O)[C@@H](C)/C(=N/O[C@H]3CC[C@@H](N)CC3)[C@H](C)C[C@@]2(C)OC)[C@@H]1O. The second-order valence-electron chi connectivity index (χ2n) is 15.6. The minimum absolute atomic E-state index is 0.119. The number of carbonyl (C=O) groups excluding carboxylic acids is 2. The van der Waals surface area contributed by atoms with E-state index in [4.69, 9.17) is 35.9 Å².